The molecule has 0 fully saturated rings. The summed E-state index contributed by atoms with van der Waals surface area (Å²) < 4.78 is 5.40. The van der Waals surface area contributed by atoms with Crippen molar-refractivity contribution in [3.63, 3.8) is 0 Å². The molecular formula is C17H18O2. The minimum Gasteiger partial charge on any atom is -0.458 e. The average Bonchev–Trinajstić information content (AvgIpc) is 2.42. The van der Waals surface area contributed by atoms with Crippen molar-refractivity contribution in [2.45, 2.75) is 25.9 Å². The molecule has 0 aliphatic carbocycles. The van der Waals surface area contributed by atoms with Gasteiger partial charge in [-0.15, -0.1) is 6.58 Å². The van der Waals surface area contributed by atoms with E-state index in [-0.39, 0.29) is 12.1 Å². The van der Waals surface area contributed by atoms with Gasteiger partial charge in [0.05, 0.1) is 0 Å². The molecule has 2 aromatic rings. The average molecular weight is 254 g/mol. The van der Waals surface area contributed by atoms with Gasteiger partial charge in [0.25, 0.3) is 0 Å². The fraction of sp³-hybridized carbons (Fsp3) is 0.235. The van der Waals surface area contributed by atoms with Crippen LogP contribution in [0.1, 0.15) is 31.4 Å². The number of carbonyl (C=O) groups is 1. The molecule has 0 N–H and O–H groups in total. The van der Waals surface area contributed by atoms with Crippen molar-refractivity contribution in [3.05, 3.63) is 60.7 Å². The third-order valence-corrected chi connectivity index (χ3v) is 3.09. The highest BCUT2D eigenvalue weighted by Gasteiger charge is 2.14. The van der Waals surface area contributed by atoms with Gasteiger partial charge in [-0.3, -0.25) is 4.79 Å². The van der Waals surface area contributed by atoms with E-state index in [9.17, 15) is 4.79 Å². The number of allylic oxidation sites excluding steroid dienone is 1. The van der Waals surface area contributed by atoms with E-state index in [1.54, 1.807) is 0 Å². The van der Waals surface area contributed by atoms with Crippen LogP contribution in [0.4, 0.5) is 0 Å². The van der Waals surface area contributed by atoms with E-state index in [0.29, 0.717) is 0 Å². The number of benzene rings is 2. The van der Waals surface area contributed by atoms with Gasteiger partial charge in [0.2, 0.25) is 0 Å². The van der Waals surface area contributed by atoms with Crippen molar-refractivity contribution < 1.29 is 9.53 Å². The van der Waals surface area contributed by atoms with Crippen LogP contribution in [0.25, 0.3) is 10.8 Å². The summed E-state index contributed by atoms with van der Waals surface area (Å²) in [7, 11) is 0. The summed E-state index contributed by atoms with van der Waals surface area (Å²) in [6, 6.07) is 14.3. The molecule has 1 unspecified atom stereocenters. The first-order chi connectivity index (χ1) is 9.20. The maximum Gasteiger partial charge on any atom is 0.303 e. The largest absolute Gasteiger partial charge is 0.458 e. The molecule has 19 heavy (non-hydrogen) atoms. The van der Waals surface area contributed by atoms with E-state index >= 15 is 0 Å². The minimum absolute atomic E-state index is 0.194. The molecule has 0 aliphatic rings. The van der Waals surface area contributed by atoms with E-state index in [1.807, 2.05) is 24.3 Å². The van der Waals surface area contributed by atoms with Crippen molar-refractivity contribution >= 4 is 16.7 Å². The van der Waals surface area contributed by atoms with Gasteiger partial charge >= 0.3 is 5.97 Å². The van der Waals surface area contributed by atoms with Crippen molar-refractivity contribution in [2.75, 3.05) is 0 Å². The first kappa shape index (κ1) is 13.3. The second kappa shape index (κ2) is 6.19. The zero-order chi connectivity index (χ0) is 13.7. The Morgan fingerprint density at radius 2 is 2.00 bits per heavy atom. The lowest BCUT2D eigenvalue weighted by Crippen LogP contribution is -2.08. The van der Waals surface area contributed by atoms with Gasteiger partial charge < -0.3 is 4.74 Å². The van der Waals surface area contributed by atoms with Crippen LogP contribution in [0.2, 0.25) is 0 Å². The zero-order valence-electron chi connectivity index (χ0n) is 11.1. The van der Waals surface area contributed by atoms with Crippen molar-refractivity contribution in [1.29, 1.82) is 0 Å². The Hall–Kier alpha value is -2.09. The molecule has 98 valence electrons. The standard InChI is InChI=1S/C17H18O2/c1-3-4-9-17(19-13(2)18)16-11-10-14-7-5-6-8-15(14)12-16/h3,5-8,10-12,17H,1,4,9H2,2H3. The summed E-state index contributed by atoms with van der Waals surface area (Å²) in [6.07, 6.45) is 3.24. The first-order valence-corrected chi connectivity index (χ1v) is 6.47. The number of esters is 1. The van der Waals surface area contributed by atoms with E-state index in [0.717, 1.165) is 23.8 Å². The van der Waals surface area contributed by atoms with E-state index in [1.165, 1.54) is 12.3 Å². The summed E-state index contributed by atoms with van der Waals surface area (Å²) in [5.74, 6) is -0.248. The first-order valence-electron chi connectivity index (χ1n) is 6.47. The topological polar surface area (TPSA) is 26.3 Å². The third-order valence-electron chi connectivity index (χ3n) is 3.09. The fourth-order valence-corrected chi connectivity index (χ4v) is 2.17. The number of ether oxygens (including phenoxy) is 1. The predicted octanol–water partition coefficient (Wildman–Crippen LogP) is 4.41. The van der Waals surface area contributed by atoms with E-state index < -0.39 is 0 Å². The maximum atomic E-state index is 11.2. The Kier molecular flexibility index (Phi) is 4.35. The van der Waals surface area contributed by atoms with Crippen LogP contribution < -0.4 is 0 Å². The summed E-state index contributed by atoms with van der Waals surface area (Å²) >= 11 is 0. The second-order valence-electron chi connectivity index (χ2n) is 4.57. The lowest BCUT2D eigenvalue weighted by atomic mass is 10.0. The molecule has 1 atom stereocenters. The van der Waals surface area contributed by atoms with Crippen molar-refractivity contribution in [1.82, 2.24) is 0 Å². The van der Waals surface area contributed by atoms with Crippen LogP contribution in [0.15, 0.2) is 55.1 Å². The Bertz CT molecular complexity index is 587. The number of hydrogen-bond donors (Lipinski definition) is 0. The Labute approximate surface area is 113 Å². The molecule has 0 aliphatic heterocycles. The molecule has 0 saturated heterocycles. The molecule has 0 radical (unpaired) electrons. The molecule has 2 heteroatoms. The van der Waals surface area contributed by atoms with Gasteiger partial charge in [0.1, 0.15) is 6.10 Å². The Balaban J connectivity index is 2.31. The Morgan fingerprint density at radius 1 is 1.26 bits per heavy atom. The molecule has 0 amide bonds. The predicted molar refractivity (Wildman–Crippen MR) is 77.9 cm³/mol. The van der Waals surface area contributed by atoms with Crippen LogP contribution >= 0.6 is 0 Å². The molecule has 0 saturated carbocycles. The molecule has 0 bridgehead atoms. The van der Waals surface area contributed by atoms with Gasteiger partial charge in [0.15, 0.2) is 0 Å². The number of rotatable bonds is 5. The highest BCUT2D eigenvalue weighted by Crippen LogP contribution is 2.26. The van der Waals surface area contributed by atoms with Gasteiger partial charge in [-0.2, -0.15) is 0 Å². The van der Waals surface area contributed by atoms with Gasteiger partial charge in [-0.05, 0) is 35.2 Å². The van der Waals surface area contributed by atoms with Crippen molar-refractivity contribution in [2.24, 2.45) is 0 Å². The normalized spacial score (nSPS) is 12.1. The third kappa shape index (κ3) is 3.44. The quantitative estimate of drug-likeness (QED) is 0.583. The summed E-state index contributed by atoms with van der Waals surface area (Å²) in [5, 5.41) is 2.35. The maximum absolute atomic E-state index is 11.2. The molecule has 0 spiro atoms. The lowest BCUT2D eigenvalue weighted by molar-refractivity contribution is -0.147. The SMILES string of the molecule is C=CCCC(OC(C)=O)c1ccc2ccccc2c1. The van der Waals surface area contributed by atoms with Gasteiger partial charge in [-0.1, -0.05) is 42.5 Å². The highest BCUT2D eigenvalue weighted by molar-refractivity contribution is 5.83. The molecule has 2 aromatic carbocycles. The number of carbonyl (C=O) groups excluding carboxylic acids is 1. The van der Waals surface area contributed by atoms with Crippen LogP contribution in [0, 0.1) is 0 Å². The van der Waals surface area contributed by atoms with Crippen LogP contribution in [-0.4, -0.2) is 5.97 Å². The molecule has 0 aromatic heterocycles. The van der Waals surface area contributed by atoms with Crippen LogP contribution in [-0.2, 0) is 9.53 Å². The van der Waals surface area contributed by atoms with E-state index in [2.05, 4.69) is 30.8 Å². The highest BCUT2D eigenvalue weighted by atomic mass is 16.5. The molecule has 0 heterocycles. The fourth-order valence-electron chi connectivity index (χ4n) is 2.17. The Morgan fingerprint density at radius 3 is 2.68 bits per heavy atom. The second-order valence-corrected chi connectivity index (χ2v) is 4.57. The molecule has 2 nitrogen and oxygen atoms in total. The monoisotopic (exact) mass is 254 g/mol. The number of hydrogen-bond acceptors (Lipinski definition) is 2. The zero-order valence-corrected chi connectivity index (χ0v) is 11.1. The summed E-state index contributed by atoms with van der Waals surface area (Å²) in [6.45, 7) is 5.16. The molecule has 2 rings (SSSR count). The van der Waals surface area contributed by atoms with Crippen molar-refractivity contribution in [3.8, 4) is 0 Å². The lowest BCUT2D eigenvalue weighted by Gasteiger charge is -2.17. The number of fused-ring (bicyclic) bond motifs is 1. The van der Waals surface area contributed by atoms with Gasteiger partial charge in [-0.25, -0.2) is 0 Å². The smallest absolute Gasteiger partial charge is 0.303 e. The van der Waals surface area contributed by atoms with E-state index in [4.69, 9.17) is 4.74 Å². The summed E-state index contributed by atoms with van der Waals surface area (Å²) in [4.78, 5) is 11.2. The van der Waals surface area contributed by atoms with Crippen LogP contribution in [0.3, 0.4) is 0 Å². The minimum atomic E-state index is -0.248. The van der Waals surface area contributed by atoms with Crippen LogP contribution in [0.5, 0.6) is 0 Å². The van der Waals surface area contributed by atoms with Gasteiger partial charge in [0, 0.05) is 6.92 Å². The summed E-state index contributed by atoms with van der Waals surface area (Å²) in [5.41, 5.74) is 1.04. The molecular weight excluding hydrogens is 236 g/mol.